The summed E-state index contributed by atoms with van der Waals surface area (Å²) in [6, 6.07) is 10.9. The molecular formula is C21H29N3O. The van der Waals surface area contributed by atoms with Crippen LogP contribution in [0.3, 0.4) is 0 Å². The SMILES string of the molecule is Cc1nn(C)c(C)c1CCC(=O)N1CCCCC1Cc1ccccc1. The second-order valence-corrected chi connectivity index (χ2v) is 7.20. The van der Waals surface area contributed by atoms with Crippen molar-refractivity contribution < 1.29 is 4.79 Å². The Morgan fingerprint density at radius 3 is 2.64 bits per heavy atom. The Morgan fingerprint density at radius 2 is 1.96 bits per heavy atom. The molecule has 1 aliphatic heterocycles. The fourth-order valence-electron chi connectivity index (χ4n) is 3.98. The van der Waals surface area contributed by atoms with E-state index in [1.165, 1.54) is 23.2 Å². The van der Waals surface area contributed by atoms with Crippen LogP contribution in [0, 0.1) is 13.8 Å². The summed E-state index contributed by atoms with van der Waals surface area (Å²) in [6.07, 6.45) is 5.81. The lowest BCUT2D eigenvalue weighted by atomic mass is 9.95. The molecule has 1 unspecified atom stereocenters. The zero-order chi connectivity index (χ0) is 17.8. The third kappa shape index (κ3) is 4.12. The molecule has 2 heterocycles. The molecule has 2 aromatic rings. The maximum atomic E-state index is 12.9. The van der Waals surface area contributed by atoms with Gasteiger partial charge in [-0.1, -0.05) is 30.3 Å². The number of piperidine rings is 1. The summed E-state index contributed by atoms with van der Waals surface area (Å²) in [4.78, 5) is 15.0. The normalized spacial score (nSPS) is 17.7. The molecule has 1 saturated heterocycles. The molecule has 0 N–H and O–H groups in total. The van der Waals surface area contributed by atoms with Gasteiger partial charge in [0, 0.05) is 31.7 Å². The van der Waals surface area contributed by atoms with Crippen molar-refractivity contribution >= 4 is 5.91 Å². The molecule has 0 saturated carbocycles. The van der Waals surface area contributed by atoms with Crippen LogP contribution in [0.25, 0.3) is 0 Å². The molecule has 1 aliphatic rings. The first-order valence-electron chi connectivity index (χ1n) is 9.38. The molecule has 3 rings (SSSR count). The second kappa shape index (κ2) is 7.85. The Kier molecular flexibility index (Phi) is 5.57. The molecule has 1 aromatic heterocycles. The second-order valence-electron chi connectivity index (χ2n) is 7.20. The van der Waals surface area contributed by atoms with Crippen LogP contribution in [-0.2, 0) is 24.7 Å². The Hall–Kier alpha value is -2.10. The topological polar surface area (TPSA) is 38.1 Å². The van der Waals surface area contributed by atoms with Crippen molar-refractivity contribution in [2.75, 3.05) is 6.54 Å². The molecular weight excluding hydrogens is 310 g/mol. The zero-order valence-corrected chi connectivity index (χ0v) is 15.7. The summed E-state index contributed by atoms with van der Waals surface area (Å²) in [5, 5.41) is 4.46. The average Bonchev–Trinajstić information content (AvgIpc) is 2.86. The Morgan fingerprint density at radius 1 is 1.20 bits per heavy atom. The Labute approximate surface area is 150 Å². The van der Waals surface area contributed by atoms with Gasteiger partial charge in [-0.3, -0.25) is 9.48 Å². The summed E-state index contributed by atoms with van der Waals surface area (Å²) in [5.41, 5.74) is 4.77. The van der Waals surface area contributed by atoms with Gasteiger partial charge < -0.3 is 4.90 Å². The van der Waals surface area contributed by atoms with E-state index >= 15 is 0 Å². The summed E-state index contributed by atoms with van der Waals surface area (Å²) < 4.78 is 1.91. The van der Waals surface area contributed by atoms with E-state index in [1.54, 1.807) is 0 Å². The van der Waals surface area contributed by atoms with Crippen LogP contribution < -0.4 is 0 Å². The highest BCUT2D eigenvalue weighted by atomic mass is 16.2. The van der Waals surface area contributed by atoms with E-state index in [-0.39, 0.29) is 0 Å². The van der Waals surface area contributed by atoms with Crippen molar-refractivity contribution in [3.05, 3.63) is 52.8 Å². The molecule has 1 fully saturated rings. The van der Waals surface area contributed by atoms with Crippen molar-refractivity contribution in [2.24, 2.45) is 7.05 Å². The number of amides is 1. The van der Waals surface area contributed by atoms with E-state index in [2.05, 4.69) is 41.2 Å². The minimum Gasteiger partial charge on any atom is -0.339 e. The van der Waals surface area contributed by atoms with E-state index in [4.69, 9.17) is 0 Å². The van der Waals surface area contributed by atoms with Crippen LogP contribution in [-0.4, -0.2) is 33.2 Å². The van der Waals surface area contributed by atoms with Gasteiger partial charge in [0.05, 0.1) is 5.69 Å². The highest BCUT2D eigenvalue weighted by Crippen LogP contribution is 2.23. The molecule has 1 atom stereocenters. The number of carbonyl (C=O) groups is 1. The number of benzene rings is 1. The van der Waals surface area contributed by atoms with Crippen LogP contribution in [0.2, 0.25) is 0 Å². The van der Waals surface area contributed by atoms with Crippen LogP contribution in [0.5, 0.6) is 0 Å². The molecule has 1 aromatic carbocycles. The zero-order valence-electron chi connectivity index (χ0n) is 15.7. The Bertz CT molecular complexity index is 720. The third-order valence-corrected chi connectivity index (χ3v) is 5.51. The minimum absolute atomic E-state index is 0.295. The summed E-state index contributed by atoms with van der Waals surface area (Å²) in [7, 11) is 1.97. The van der Waals surface area contributed by atoms with Crippen LogP contribution in [0.15, 0.2) is 30.3 Å². The average molecular weight is 339 g/mol. The largest absolute Gasteiger partial charge is 0.339 e. The Balaban J connectivity index is 1.64. The van der Waals surface area contributed by atoms with Crippen molar-refractivity contribution in [1.29, 1.82) is 0 Å². The molecule has 0 bridgehead atoms. The third-order valence-electron chi connectivity index (χ3n) is 5.51. The van der Waals surface area contributed by atoms with Crippen LogP contribution in [0.4, 0.5) is 0 Å². The van der Waals surface area contributed by atoms with Gasteiger partial charge in [0.2, 0.25) is 5.91 Å². The fraction of sp³-hybridized carbons (Fsp3) is 0.524. The van der Waals surface area contributed by atoms with Gasteiger partial charge >= 0.3 is 0 Å². The van der Waals surface area contributed by atoms with Crippen LogP contribution >= 0.6 is 0 Å². The summed E-state index contributed by atoms with van der Waals surface area (Å²) in [6.45, 7) is 5.02. The smallest absolute Gasteiger partial charge is 0.223 e. The predicted molar refractivity (Wildman–Crippen MR) is 101 cm³/mol. The first-order valence-corrected chi connectivity index (χ1v) is 9.38. The number of carbonyl (C=O) groups excluding carboxylic acids is 1. The molecule has 4 heteroatoms. The number of hydrogen-bond acceptors (Lipinski definition) is 2. The van der Waals surface area contributed by atoms with Gasteiger partial charge in [0.1, 0.15) is 0 Å². The van der Waals surface area contributed by atoms with E-state index in [0.717, 1.165) is 37.9 Å². The van der Waals surface area contributed by atoms with Crippen molar-refractivity contribution in [2.45, 2.75) is 58.4 Å². The number of aryl methyl sites for hydroxylation is 2. The van der Waals surface area contributed by atoms with E-state index in [0.29, 0.717) is 18.4 Å². The van der Waals surface area contributed by atoms with Crippen molar-refractivity contribution in [3.8, 4) is 0 Å². The van der Waals surface area contributed by atoms with Crippen molar-refractivity contribution in [3.63, 3.8) is 0 Å². The first-order chi connectivity index (χ1) is 12.1. The summed E-state index contributed by atoms with van der Waals surface area (Å²) in [5.74, 6) is 0.295. The lowest BCUT2D eigenvalue weighted by Crippen LogP contribution is -2.45. The number of aromatic nitrogens is 2. The number of rotatable bonds is 5. The summed E-state index contributed by atoms with van der Waals surface area (Å²) >= 11 is 0. The molecule has 25 heavy (non-hydrogen) atoms. The predicted octanol–water partition coefficient (Wildman–Crippen LogP) is 3.59. The van der Waals surface area contributed by atoms with Gasteiger partial charge in [-0.2, -0.15) is 5.10 Å². The van der Waals surface area contributed by atoms with Gasteiger partial charge in [-0.05, 0) is 57.1 Å². The standard InChI is InChI=1S/C21H29N3O/c1-16-20(17(2)23(3)22-16)12-13-21(25)24-14-8-7-11-19(24)15-18-9-5-4-6-10-18/h4-6,9-10,19H,7-8,11-15H2,1-3H3. The van der Waals surface area contributed by atoms with Gasteiger partial charge in [0.15, 0.2) is 0 Å². The minimum atomic E-state index is 0.295. The van der Waals surface area contributed by atoms with Crippen LogP contribution in [0.1, 0.15) is 48.2 Å². The maximum absolute atomic E-state index is 12.9. The highest BCUT2D eigenvalue weighted by Gasteiger charge is 2.26. The molecule has 0 aliphatic carbocycles. The number of nitrogens with zero attached hydrogens (tertiary/aromatic N) is 3. The van der Waals surface area contributed by atoms with Gasteiger partial charge in [0.25, 0.3) is 0 Å². The fourth-order valence-corrected chi connectivity index (χ4v) is 3.98. The quantitative estimate of drug-likeness (QED) is 0.835. The molecule has 134 valence electrons. The van der Waals surface area contributed by atoms with E-state index in [1.807, 2.05) is 24.7 Å². The monoisotopic (exact) mass is 339 g/mol. The lowest BCUT2D eigenvalue weighted by Gasteiger charge is -2.36. The van der Waals surface area contributed by atoms with Gasteiger partial charge in [-0.25, -0.2) is 0 Å². The first kappa shape index (κ1) is 17.7. The molecule has 0 radical (unpaired) electrons. The number of likely N-dealkylation sites (tertiary alicyclic amines) is 1. The molecule has 4 nitrogen and oxygen atoms in total. The van der Waals surface area contributed by atoms with Crippen molar-refractivity contribution in [1.82, 2.24) is 14.7 Å². The maximum Gasteiger partial charge on any atom is 0.223 e. The molecule has 0 spiro atoms. The number of hydrogen-bond donors (Lipinski definition) is 0. The molecule has 1 amide bonds. The lowest BCUT2D eigenvalue weighted by molar-refractivity contribution is -0.134. The van der Waals surface area contributed by atoms with E-state index in [9.17, 15) is 4.79 Å². The highest BCUT2D eigenvalue weighted by molar-refractivity contribution is 5.77. The van der Waals surface area contributed by atoms with E-state index < -0.39 is 0 Å². The van der Waals surface area contributed by atoms with Gasteiger partial charge in [-0.15, -0.1) is 0 Å².